The molecule has 0 aliphatic carbocycles. The zero-order chi connectivity index (χ0) is 32.6. The number of rotatable bonds is 13. The number of anilines is 1. The van der Waals surface area contributed by atoms with Gasteiger partial charge in [0.05, 0.1) is 17.7 Å². The smallest absolute Gasteiger partial charge is 0.264 e. The van der Waals surface area contributed by atoms with E-state index in [4.69, 9.17) is 4.74 Å². The number of likely N-dealkylation sites (N-methyl/N-ethyl adjacent to an activating group) is 1. The normalized spacial score (nSPS) is 12.0. The summed E-state index contributed by atoms with van der Waals surface area (Å²) in [6, 6.07) is 29.5. The number of carbonyl (C=O) groups excluding carboxylic acids is 2. The van der Waals surface area contributed by atoms with Crippen molar-refractivity contribution in [3.05, 3.63) is 125 Å². The molecular weight excluding hydrogens is 586 g/mol. The van der Waals surface area contributed by atoms with Crippen molar-refractivity contribution < 1.29 is 22.7 Å². The van der Waals surface area contributed by atoms with Crippen LogP contribution < -0.4 is 14.4 Å². The molecule has 1 unspecified atom stereocenters. The van der Waals surface area contributed by atoms with E-state index in [2.05, 4.69) is 19.2 Å². The third kappa shape index (κ3) is 8.30. The quantitative estimate of drug-likeness (QED) is 0.205. The molecule has 45 heavy (non-hydrogen) atoms. The van der Waals surface area contributed by atoms with Gasteiger partial charge in [0.25, 0.3) is 10.0 Å². The van der Waals surface area contributed by atoms with Gasteiger partial charge in [-0.05, 0) is 65.9 Å². The molecule has 2 amide bonds. The van der Waals surface area contributed by atoms with Crippen LogP contribution in [-0.2, 0) is 32.6 Å². The van der Waals surface area contributed by atoms with Gasteiger partial charge in [-0.1, -0.05) is 86.1 Å². The Balaban J connectivity index is 1.80. The lowest BCUT2D eigenvalue weighted by Crippen LogP contribution is -2.53. The van der Waals surface area contributed by atoms with E-state index >= 15 is 0 Å². The van der Waals surface area contributed by atoms with Crippen LogP contribution in [0.15, 0.2) is 108 Å². The number of carbonyl (C=O) groups is 2. The molecule has 0 aliphatic heterocycles. The van der Waals surface area contributed by atoms with Gasteiger partial charge in [-0.3, -0.25) is 13.9 Å². The van der Waals surface area contributed by atoms with E-state index in [0.29, 0.717) is 11.4 Å². The lowest BCUT2D eigenvalue weighted by atomic mass is 10.0. The van der Waals surface area contributed by atoms with Crippen molar-refractivity contribution in [2.45, 2.75) is 50.6 Å². The van der Waals surface area contributed by atoms with Gasteiger partial charge in [-0.25, -0.2) is 8.42 Å². The highest BCUT2D eigenvalue weighted by Crippen LogP contribution is 2.27. The summed E-state index contributed by atoms with van der Waals surface area (Å²) in [4.78, 5) is 29.4. The Morgan fingerprint density at radius 3 is 2.09 bits per heavy atom. The Labute approximate surface area is 266 Å². The number of hydrogen-bond acceptors (Lipinski definition) is 5. The first kappa shape index (κ1) is 33.3. The molecule has 0 bridgehead atoms. The minimum atomic E-state index is -4.16. The molecule has 0 saturated carbocycles. The Bertz CT molecular complexity index is 1690. The molecule has 4 aromatic carbocycles. The van der Waals surface area contributed by atoms with E-state index in [-0.39, 0.29) is 29.7 Å². The number of ether oxygens (including phenoxy) is 1. The van der Waals surface area contributed by atoms with Crippen molar-refractivity contribution in [1.29, 1.82) is 0 Å². The molecule has 9 heteroatoms. The Hall–Kier alpha value is -4.63. The summed E-state index contributed by atoms with van der Waals surface area (Å²) < 4.78 is 34.9. The van der Waals surface area contributed by atoms with E-state index < -0.39 is 28.5 Å². The molecule has 0 fully saturated rings. The third-order valence-corrected chi connectivity index (χ3v) is 9.53. The maximum Gasteiger partial charge on any atom is 0.264 e. The van der Waals surface area contributed by atoms with Gasteiger partial charge < -0.3 is 15.0 Å². The molecule has 0 aliphatic rings. The van der Waals surface area contributed by atoms with Crippen LogP contribution >= 0.6 is 0 Å². The molecule has 0 heterocycles. The average molecular weight is 628 g/mol. The molecule has 8 nitrogen and oxygen atoms in total. The summed E-state index contributed by atoms with van der Waals surface area (Å²) in [5.74, 6) is -0.0314. The molecule has 1 atom stereocenters. The summed E-state index contributed by atoms with van der Waals surface area (Å²) in [5.41, 5.74) is 3.91. The van der Waals surface area contributed by atoms with Gasteiger partial charge in [0.2, 0.25) is 11.8 Å². The number of nitrogens with zero attached hydrogens (tertiary/aromatic N) is 2. The van der Waals surface area contributed by atoms with Crippen molar-refractivity contribution in [3.63, 3.8) is 0 Å². The van der Waals surface area contributed by atoms with E-state index in [1.54, 1.807) is 55.6 Å². The predicted octanol–water partition coefficient (Wildman–Crippen LogP) is 5.71. The van der Waals surface area contributed by atoms with Gasteiger partial charge in [-0.15, -0.1) is 0 Å². The lowest BCUT2D eigenvalue weighted by molar-refractivity contribution is -0.139. The first-order valence-corrected chi connectivity index (χ1v) is 16.3. The fourth-order valence-electron chi connectivity index (χ4n) is 5.08. The minimum Gasteiger partial charge on any atom is -0.497 e. The molecule has 0 aromatic heterocycles. The highest BCUT2D eigenvalue weighted by Gasteiger charge is 2.34. The van der Waals surface area contributed by atoms with Gasteiger partial charge >= 0.3 is 0 Å². The average Bonchev–Trinajstić information content (AvgIpc) is 3.05. The third-order valence-electron chi connectivity index (χ3n) is 7.74. The SMILES string of the molecule is CNC(=O)C(Cc1ccccc1)N(Cc1cccc(OC)c1)C(=O)CN(c1ccc(C(C)C)cc1)S(=O)(=O)c1ccc(C)cc1. The summed E-state index contributed by atoms with van der Waals surface area (Å²) in [7, 11) is -1.08. The molecule has 236 valence electrons. The van der Waals surface area contributed by atoms with Crippen LogP contribution in [0, 0.1) is 6.92 Å². The van der Waals surface area contributed by atoms with Crippen LogP contribution in [0.3, 0.4) is 0 Å². The van der Waals surface area contributed by atoms with Crippen molar-refractivity contribution >= 4 is 27.5 Å². The number of amides is 2. The predicted molar refractivity (Wildman–Crippen MR) is 178 cm³/mol. The number of hydrogen-bond donors (Lipinski definition) is 1. The van der Waals surface area contributed by atoms with Gasteiger partial charge in [0.1, 0.15) is 18.3 Å². The number of nitrogens with one attached hydrogen (secondary N) is 1. The van der Waals surface area contributed by atoms with Gasteiger partial charge in [0.15, 0.2) is 0 Å². The van der Waals surface area contributed by atoms with Crippen LogP contribution in [0.1, 0.15) is 42.0 Å². The van der Waals surface area contributed by atoms with Crippen LogP contribution in [0.25, 0.3) is 0 Å². The summed E-state index contributed by atoms with van der Waals surface area (Å²) in [5, 5.41) is 2.70. The fraction of sp³-hybridized carbons (Fsp3) is 0.278. The van der Waals surface area contributed by atoms with Crippen LogP contribution in [0.4, 0.5) is 5.69 Å². The number of aryl methyl sites for hydroxylation is 1. The number of methoxy groups -OCH3 is 1. The molecule has 4 rings (SSSR count). The first-order valence-electron chi connectivity index (χ1n) is 14.9. The van der Waals surface area contributed by atoms with Crippen LogP contribution in [0.2, 0.25) is 0 Å². The van der Waals surface area contributed by atoms with Crippen LogP contribution in [-0.4, -0.2) is 51.9 Å². The highest BCUT2D eigenvalue weighted by molar-refractivity contribution is 7.92. The summed E-state index contributed by atoms with van der Waals surface area (Å²) in [6.07, 6.45) is 0.240. The standard InChI is InChI=1S/C36H41N3O5S/c1-26(2)30-16-18-31(19-17-30)39(45(42,43)33-20-14-27(3)15-21-33)25-35(40)38(24-29-12-9-13-32(22-29)44-5)34(36(41)37-4)23-28-10-7-6-8-11-28/h6-22,26,34H,23-25H2,1-5H3,(H,37,41). The monoisotopic (exact) mass is 627 g/mol. The number of sulfonamides is 1. The van der Waals surface area contributed by atoms with Crippen LogP contribution in [0.5, 0.6) is 5.75 Å². The fourth-order valence-corrected chi connectivity index (χ4v) is 6.49. The summed E-state index contributed by atoms with van der Waals surface area (Å²) >= 11 is 0. The van der Waals surface area contributed by atoms with Gasteiger partial charge in [-0.2, -0.15) is 0 Å². The van der Waals surface area contributed by atoms with Crippen molar-refractivity contribution in [2.24, 2.45) is 0 Å². The molecule has 4 aromatic rings. The molecule has 0 radical (unpaired) electrons. The Morgan fingerprint density at radius 2 is 1.49 bits per heavy atom. The maximum atomic E-state index is 14.5. The van der Waals surface area contributed by atoms with Crippen molar-refractivity contribution in [2.75, 3.05) is 25.0 Å². The largest absolute Gasteiger partial charge is 0.497 e. The topological polar surface area (TPSA) is 96.0 Å². The molecular formula is C36H41N3O5S. The first-order chi connectivity index (χ1) is 21.5. The van der Waals surface area contributed by atoms with Crippen molar-refractivity contribution in [3.8, 4) is 5.75 Å². The van der Waals surface area contributed by atoms with E-state index in [0.717, 1.165) is 26.6 Å². The Kier molecular flexibility index (Phi) is 11.0. The minimum absolute atomic E-state index is 0.0612. The summed E-state index contributed by atoms with van der Waals surface area (Å²) in [6.45, 7) is 5.54. The van der Waals surface area contributed by atoms with E-state index in [1.165, 1.54) is 11.9 Å². The van der Waals surface area contributed by atoms with Gasteiger partial charge in [0, 0.05) is 20.0 Å². The maximum absolute atomic E-state index is 14.5. The zero-order valence-corrected chi connectivity index (χ0v) is 27.3. The zero-order valence-electron chi connectivity index (χ0n) is 26.4. The molecule has 0 spiro atoms. The Morgan fingerprint density at radius 1 is 0.844 bits per heavy atom. The highest BCUT2D eigenvalue weighted by atomic mass is 32.2. The molecule has 0 saturated heterocycles. The van der Waals surface area contributed by atoms with E-state index in [1.807, 2.05) is 61.5 Å². The second-order valence-corrected chi connectivity index (χ2v) is 13.1. The molecule has 1 N–H and O–H groups in total. The van der Waals surface area contributed by atoms with Crippen molar-refractivity contribution in [1.82, 2.24) is 10.2 Å². The second kappa shape index (κ2) is 14.9. The van der Waals surface area contributed by atoms with E-state index in [9.17, 15) is 18.0 Å². The number of benzene rings is 4. The second-order valence-electron chi connectivity index (χ2n) is 11.3. The lowest BCUT2D eigenvalue weighted by Gasteiger charge is -2.33.